The first-order valence-electron chi connectivity index (χ1n) is 8.21. The van der Waals surface area contributed by atoms with Crippen molar-refractivity contribution in [3.05, 3.63) is 35.9 Å². The van der Waals surface area contributed by atoms with Gasteiger partial charge in [0, 0.05) is 13.0 Å². The third-order valence-electron chi connectivity index (χ3n) is 4.45. The van der Waals surface area contributed by atoms with Gasteiger partial charge in [0.15, 0.2) is 0 Å². The van der Waals surface area contributed by atoms with Crippen LogP contribution in [-0.2, 0) is 9.59 Å². The third-order valence-corrected chi connectivity index (χ3v) is 4.45. The van der Waals surface area contributed by atoms with Crippen molar-refractivity contribution in [1.29, 1.82) is 0 Å². The number of hydrogen-bond acceptors (Lipinski definition) is 2. The van der Waals surface area contributed by atoms with Crippen LogP contribution in [0.5, 0.6) is 0 Å². The molecule has 0 radical (unpaired) electrons. The van der Waals surface area contributed by atoms with Crippen LogP contribution in [0.15, 0.2) is 30.3 Å². The topological polar surface area (TPSA) is 66.4 Å². The average molecular weight is 303 g/mol. The van der Waals surface area contributed by atoms with E-state index in [1.807, 2.05) is 18.2 Å². The van der Waals surface area contributed by atoms with Crippen molar-refractivity contribution in [3.63, 3.8) is 0 Å². The third kappa shape index (κ3) is 5.17. The summed E-state index contributed by atoms with van der Waals surface area (Å²) in [6, 6.07) is 9.07. The minimum absolute atomic E-state index is 0.0194. The van der Waals surface area contributed by atoms with Gasteiger partial charge in [0.2, 0.25) is 5.91 Å². The van der Waals surface area contributed by atoms with Gasteiger partial charge in [-0.15, -0.1) is 0 Å². The fourth-order valence-electron chi connectivity index (χ4n) is 3.15. The van der Waals surface area contributed by atoms with Gasteiger partial charge in [-0.3, -0.25) is 9.59 Å². The van der Waals surface area contributed by atoms with E-state index in [1.54, 1.807) is 12.1 Å². The number of benzene rings is 1. The Balaban J connectivity index is 1.84. The Morgan fingerprint density at radius 1 is 1.09 bits per heavy atom. The van der Waals surface area contributed by atoms with Gasteiger partial charge in [0.05, 0.1) is 5.92 Å². The maximum absolute atomic E-state index is 12.1. The predicted octanol–water partition coefficient (Wildman–Crippen LogP) is 3.33. The summed E-state index contributed by atoms with van der Waals surface area (Å²) in [6.45, 7) is 0.158. The Morgan fingerprint density at radius 3 is 2.32 bits per heavy atom. The van der Waals surface area contributed by atoms with Crippen LogP contribution in [0.1, 0.15) is 56.4 Å². The number of carbonyl (C=O) groups is 2. The van der Waals surface area contributed by atoms with Crippen LogP contribution < -0.4 is 5.32 Å². The monoisotopic (exact) mass is 303 g/mol. The van der Waals surface area contributed by atoms with Gasteiger partial charge < -0.3 is 10.4 Å². The number of carboxylic acid groups (broad SMARTS) is 1. The molecule has 0 aromatic heterocycles. The van der Waals surface area contributed by atoms with E-state index in [9.17, 15) is 14.7 Å². The normalized spacial score (nSPS) is 17.5. The predicted molar refractivity (Wildman–Crippen MR) is 85.6 cm³/mol. The van der Waals surface area contributed by atoms with Gasteiger partial charge in [0.25, 0.3) is 0 Å². The second-order valence-corrected chi connectivity index (χ2v) is 6.17. The van der Waals surface area contributed by atoms with Crippen molar-refractivity contribution in [2.24, 2.45) is 5.92 Å². The molecule has 1 aromatic carbocycles. The molecule has 0 saturated heterocycles. The van der Waals surface area contributed by atoms with E-state index in [-0.39, 0.29) is 12.5 Å². The lowest BCUT2D eigenvalue weighted by Crippen LogP contribution is -2.32. The number of amides is 1. The minimum Gasteiger partial charge on any atom is -0.481 e. The molecule has 0 heterocycles. The van der Waals surface area contributed by atoms with Gasteiger partial charge in [-0.1, -0.05) is 56.0 Å². The van der Waals surface area contributed by atoms with Crippen molar-refractivity contribution < 1.29 is 14.7 Å². The van der Waals surface area contributed by atoms with Crippen LogP contribution in [0.3, 0.4) is 0 Å². The van der Waals surface area contributed by atoms with E-state index in [0.717, 1.165) is 18.4 Å². The highest BCUT2D eigenvalue weighted by atomic mass is 16.4. The molecule has 0 aliphatic heterocycles. The Kier molecular flexibility index (Phi) is 6.44. The molecule has 2 N–H and O–H groups in total. The van der Waals surface area contributed by atoms with Gasteiger partial charge in [-0.25, -0.2) is 0 Å². The maximum atomic E-state index is 12.1. The lowest BCUT2D eigenvalue weighted by Gasteiger charge is -2.16. The van der Waals surface area contributed by atoms with Crippen LogP contribution in [-0.4, -0.2) is 23.5 Å². The summed E-state index contributed by atoms with van der Waals surface area (Å²) in [7, 11) is 0. The SMILES string of the molecule is O=C(CC1CCCCCC1)NCC(C(=O)O)c1ccccc1. The number of aliphatic carboxylic acids is 1. The van der Waals surface area contributed by atoms with Crippen LogP contribution in [0.2, 0.25) is 0 Å². The molecule has 22 heavy (non-hydrogen) atoms. The number of carbonyl (C=O) groups excluding carboxylic acids is 1. The Morgan fingerprint density at radius 2 is 1.73 bits per heavy atom. The van der Waals surface area contributed by atoms with E-state index < -0.39 is 11.9 Å². The lowest BCUT2D eigenvalue weighted by molar-refractivity contribution is -0.138. The Bertz CT molecular complexity index is 478. The molecule has 1 saturated carbocycles. The first-order valence-corrected chi connectivity index (χ1v) is 8.21. The summed E-state index contributed by atoms with van der Waals surface area (Å²) < 4.78 is 0. The van der Waals surface area contributed by atoms with Crippen molar-refractivity contribution in [1.82, 2.24) is 5.32 Å². The summed E-state index contributed by atoms with van der Waals surface area (Å²) in [5.74, 6) is -1.14. The highest BCUT2D eigenvalue weighted by Gasteiger charge is 2.21. The van der Waals surface area contributed by atoms with Crippen LogP contribution >= 0.6 is 0 Å². The molecule has 4 heteroatoms. The largest absolute Gasteiger partial charge is 0.481 e. The zero-order valence-corrected chi connectivity index (χ0v) is 13.0. The van der Waals surface area contributed by atoms with Crippen LogP contribution in [0, 0.1) is 5.92 Å². The van der Waals surface area contributed by atoms with Crippen LogP contribution in [0.25, 0.3) is 0 Å². The quantitative estimate of drug-likeness (QED) is 0.792. The smallest absolute Gasteiger partial charge is 0.312 e. The highest BCUT2D eigenvalue weighted by molar-refractivity contribution is 5.79. The van der Waals surface area contributed by atoms with Crippen molar-refractivity contribution in [3.8, 4) is 0 Å². The molecular weight excluding hydrogens is 278 g/mol. The number of rotatable bonds is 6. The molecule has 2 rings (SSSR count). The molecular formula is C18H25NO3. The minimum atomic E-state index is -0.902. The Hall–Kier alpha value is -1.84. The molecule has 1 fully saturated rings. The zero-order chi connectivity index (χ0) is 15.8. The summed E-state index contributed by atoms with van der Waals surface area (Å²) in [6.07, 6.45) is 7.73. The standard InChI is InChI=1S/C18H25NO3/c20-17(12-14-8-4-1-2-5-9-14)19-13-16(18(21)22)15-10-6-3-7-11-15/h3,6-7,10-11,14,16H,1-2,4-5,8-9,12-13H2,(H,19,20)(H,21,22). The maximum Gasteiger partial charge on any atom is 0.312 e. The van der Waals surface area contributed by atoms with E-state index in [1.165, 1.54) is 25.7 Å². The first-order chi connectivity index (χ1) is 10.7. The molecule has 1 unspecified atom stereocenters. The second kappa shape index (κ2) is 8.57. The molecule has 1 atom stereocenters. The molecule has 120 valence electrons. The zero-order valence-electron chi connectivity index (χ0n) is 13.0. The van der Waals surface area contributed by atoms with Gasteiger partial charge in [-0.05, 0) is 24.3 Å². The summed E-state index contributed by atoms with van der Waals surface area (Å²) in [4.78, 5) is 23.5. The number of nitrogens with one attached hydrogen (secondary N) is 1. The van der Waals surface area contributed by atoms with E-state index >= 15 is 0 Å². The summed E-state index contributed by atoms with van der Waals surface area (Å²) >= 11 is 0. The Labute approximate surface area is 131 Å². The summed E-state index contributed by atoms with van der Waals surface area (Å²) in [5, 5.41) is 12.2. The number of carboxylic acids is 1. The molecule has 0 bridgehead atoms. The molecule has 1 aliphatic carbocycles. The van der Waals surface area contributed by atoms with Crippen molar-refractivity contribution >= 4 is 11.9 Å². The van der Waals surface area contributed by atoms with Crippen molar-refractivity contribution in [2.45, 2.75) is 50.9 Å². The average Bonchev–Trinajstić information content (AvgIpc) is 2.77. The molecule has 1 aromatic rings. The van der Waals surface area contributed by atoms with Crippen LogP contribution in [0.4, 0.5) is 0 Å². The fourth-order valence-corrected chi connectivity index (χ4v) is 3.15. The second-order valence-electron chi connectivity index (χ2n) is 6.17. The van der Waals surface area contributed by atoms with E-state index in [2.05, 4.69) is 5.32 Å². The first kappa shape index (κ1) is 16.5. The molecule has 4 nitrogen and oxygen atoms in total. The van der Waals surface area contributed by atoms with E-state index in [4.69, 9.17) is 0 Å². The molecule has 1 aliphatic rings. The molecule has 0 spiro atoms. The van der Waals surface area contributed by atoms with Gasteiger partial charge in [-0.2, -0.15) is 0 Å². The highest BCUT2D eigenvalue weighted by Crippen LogP contribution is 2.25. The number of hydrogen-bond donors (Lipinski definition) is 2. The van der Waals surface area contributed by atoms with Gasteiger partial charge >= 0.3 is 5.97 Å². The fraction of sp³-hybridized carbons (Fsp3) is 0.556. The summed E-state index contributed by atoms with van der Waals surface area (Å²) in [5.41, 5.74) is 0.727. The van der Waals surface area contributed by atoms with Gasteiger partial charge in [0.1, 0.15) is 0 Å². The lowest BCUT2D eigenvalue weighted by atomic mass is 9.95. The van der Waals surface area contributed by atoms with Crippen molar-refractivity contribution in [2.75, 3.05) is 6.54 Å². The molecule has 1 amide bonds. The van der Waals surface area contributed by atoms with E-state index in [0.29, 0.717) is 12.3 Å².